The second kappa shape index (κ2) is 7.52. The normalized spacial score (nSPS) is 26.8. The Balaban J connectivity index is 1.59. The molecular formula is C23H21N3O6. The number of amides is 2. The molecule has 0 radical (unpaired) electrons. The van der Waals surface area contributed by atoms with Crippen molar-refractivity contribution in [2.24, 2.45) is 11.8 Å². The number of ether oxygens (including phenoxy) is 1. The summed E-state index contributed by atoms with van der Waals surface area (Å²) in [4.78, 5) is 54.3. The van der Waals surface area contributed by atoms with E-state index in [0.29, 0.717) is 12.1 Å². The molecule has 3 heterocycles. The Morgan fingerprint density at radius 1 is 1.09 bits per heavy atom. The standard InChI is InChI=1S/C23H21N3O6/c1-32-17-10-9-14(26(30)31)12-16(17)25-22(28)18-15-8-5-11-24(15)20(19(18)23(25)29)21(27)13-6-3-2-4-7-13/h2-4,6-7,9-10,12,15,18-20H,5,8,11H2,1H3/t15-,18-,19-,20-/m0/s1. The largest absolute Gasteiger partial charge is 0.495 e. The van der Waals surface area contributed by atoms with Gasteiger partial charge in [-0.15, -0.1) is 0 Å². The number of hydrogen-bond donors (Lipinski definition) is 0. The molecule has 0 saturated carbocycles. The van der Waals surface area contributed by atoms with Crippen LogP contribution in [0, 0.1) is 22.0 Å². The lowest BCUT2D eigenvalue weighted by Crippen LogP contribution is -2.46. The van der Waals surface area contributed by atoms with Crippen LogP contribution in [0.4, 0.5) is 11.4 Å². The molecule has 0 N–H and O–H groups in total. The van der Waals surface area contributed by atoms with E-state index in [1.807, 2.05) is 11.0 Å². The van der Waals surface area contributed by atoms with Crippen molar-refractivity contribution in [2.45, 2.75) is 24.9 Å². The van der Waals surface area contributed by atoms with E-state index in [1.165, 1.54) is 25.3 Å². The summed E-state index contributed by atoms with van der Waals surface area (Å²) in [6.45, 7) is 0.654. The molecule has 3 aliphatic heterocycles. The first-order valence-corrected chi connectivity index (χ1v) is 10.5. The van der Waals surface area contributed by atoms with E-state index in [0.717, 1.165) is 17.7 Å². The van der Waals surface area contributed by atoms with Crippen LogP contribution in [0.2, 0.25) is 0 Å². The van der Waals surface area contributed by atoms with Gasteiger partial charge >= 0.3 is 0 Å². The predicted octanol–water partition coefficient (Wildman–Crippen LogP) is 2.44. The zero-order valence-electron chi connectivity index (χ0n) is 17.3. The van der Waals surface area contributed by atoms with E-state index in [4.69, 9.17) is 4.74 Å². The number of rotatable bonds is 5. The van der Waals surface area contributed by atoms with Gasteiger partial charge in [-0.2, -0.15) is 0 Å². The Morgan fingerprint density at radius 2 is 1.81 bits per heavy atom. The minimum absolute atomic E-state index is 0.0431. The first kappa shape index (κ1) is 20.3. The van der Waals surface area contributed by atoms with E-state index in [1.54, 1.807) is 24.3 Å². The Bertz CT molecular complexity index is 1130. The number of nitro benzene ring substituents is 1. The number of nitrogens with zero attached hydrogens (tertiary/aromatic N) is 3. The molecule has 0 aliphatic carbocycles. The minimum Gasteiger partial charge on any atom is -0.495 e. The maximum Gasteiger partial charge on any atom is 0.271 e. The van der Waals surface area contributed by atoms with Crippen molar-refractivity contribution in [3.05, 3.63) is 64.2 Å². The van der Waals surface area contributed by atoms with Crippen LogP contribution in [0.25, 0.3) is 0 Å². The number of ketones is 1. The summed E-state index contributed by atoms with van der Waals surface area (Å²) >= 11 is 0. The highest BCUT2D eigenvalue weighted by Crippen LogP contribution is 2.49. The molecule has 2 amide bonds. The number of fused-ring (bicyclic) bond motifs is 3. The van der Waals surface area contributed by atoms with Crippen LogP contribution in [-0.4, -0.2) is 53.2 Å². The third kappa shape index (κ3) is 2.85. The number of hydrogen-bond acceptors (Lipinski definition) is 7. The Hall–Kier alpha value is -3.59. The van der Waals surface area contributed by atoms with Gasteiger partial charge in [0.15, 0.2) is 5.78 Å². The quantitative estimate of drug-likeness (QED) is 0.307. The number of benzene rings is 2. The molecule has 0 unspecified atom stereocenters. The van der Waals surface area contributed by atoms with Gasteiger partial charge in [0, 0.05) is 23.7 Å². The first-order chi connectivity index (χ1) is 15.4. The number of anilines is 1. The van der Waals surface area contributed by atoms with Gasteiger partial charge in [-0.05, 0) is 25.5 Å². The van der Waals surface area contributed by atoms with Gasteiger partial charge in [-0.1, -0.05) is 30.3 Å². The highest BCUT2D eigenvalue weighted by Gasteiger charge is 2.65. The first-order valence-electron chi connectivity index (χ1n) is 10.5. The number of carbonyl (C=O) groups excluding carboxylic acids is 3. The van der Waals surface area contributed by atoms with Crippen molar-refractivity contribution < 1.29 is 24.0 Å². The van der Waals surface area contributed by atoms with Crippen LogP contribution in [-0.2, 0) is 9.59 Å². The fourth-order valence-corrected chi connectivity index (χ4v) is 5.49. The SMILES string of the molecule is COc1ccc([N+](=O)[O-])cc1N1C(=O)[C@@H]2[C@H](C1=O)[C@@H](C(=O)c1ccccc1)N1CCC[C@@H]21. The Morgan fingerprint density at radius 3 is 2.50 bits per heavy atom. The smallest absolute Gasteiger partial charge is 0.271 e. The summed E-state index contributed by atoms with van der Waals surface area (Å²) in [5.41, 5.74) is 0.287. The number of carbonyl (C=O) groups is 3. The minimum atomic E-state index is -0.829. The topological polar surface area (TPSA) is 110 Å². The van der Waals surface area contributed by atoms with Gasteiger partial charge in [0.25, 0.3) is 5.69 Å². The fourth-order valence-electron chi connectivity index (χ4n) is 5.49. The number of Topliss-reactive ketones (excluding diaryl/α,β-unsaturated/α-hetero) is 1. The molecule has 5 rings (SSSR count). The number of methoxy groups -OCH3 is 1. The summed E-state index contributed by atoms with van der Waals surface area (Å²) in [5, 5.41) is 11.3. The molecule has 0 aromatic heterocycles. The summed E-state index contributed by atoms with van der Waals surface area (Å²) in [5.74, 6) is -2.43. The van der Waals surface area contributed by atoms with E-state index in [2.05, 4.69) is 0 Å². The average molecular weight is 435 g/mol. The molecule has 3 aliphatic rings. The maximum absolute atomic E-state index is 13.6. The van der Waals surface area contributed by atoms with Crippen LogP contribution in [0.1, 0.15) is 23.2 Å². The van der Waals surface area contributed by atoms with Crippen molar-refractivity contribution in [2.75, 3.05) is 18.6 Å². The second-order valence-electron chi connectivity index (χ2n) is 8.30. The number of imide groups is 1. The lowest BCUT2D eigenvalue weighted by molar-refractivity contribution is -0.384. The van der Waals surface area contributed by atoms with E-state index < -0.39 is 34.6 Å². The van der Waals surface area contributed by atoms with Gasteiger partial charge in [-0.3, -0.25) is 29.4 Å². The molecule has 9 nitrogen and oxygen atoms in total. The van der Waals surface area contributed by atoms with Crippen LogP contribution in [0.15, 0.2) is 48.5 Å². The highest BCUT2D eigenvalue weighted by molar-refractivity contribution is 6.25. The molecule has 2 aromatic carbocycles. The summed E-state index contributed by atoms with van der Waals surface area (Å²) in [6, 6.07) is 11.6. The lowest BCUT2D eigenvalue weighted by Gasteiger charge is -2.28. The van der Waals surface area contributed by atoms with Crippen LogP contribution >= 0.6 is 0 Å². The summed E-state index contributed by atoms with van der Waals surface area (Å²) in [7, 11) is 1.37. The highest BCUT2D eigenvalue weighted by atomic mass is 16.6. The molecule has 0 bridgehead atoms. The van der Waals surface area contributed by atoms with Crippen LogP contribution in [0.5, 0.6) is 5.75 Å². The zero-order chi connectivity index (χ0) is 22.6. The van der Waals surface area contributed by atoms with E-state index in [-0.39, 0.29) is 28.9 Å². The lowest BCUT2D eigenvalue weighted by atomic mass is 9.85. The van der Waals surface area contributed by atoms with Gasteiger partial charge in [0.2, 0.25) is 11.8 Å². The van der Waals surface area contributed by atoms with Gasteiger partial charge in [0.1, 0.15) is 11.4 Å². The molecule has 4 atom stereocenters. The average Bonchev–Trinajstić information content (AvgIpc) is 3.45. The summed E-state index contributed by atoms with van der Waals surface area (Å²) in [6.07, 6.45) is 1.56. The number of non-ortho nitro benzene ring substituents is 1. The van der Waals surface area contributed by atoms with E-state index in [9.17, 15) is 24.5 Å². The fraction of sp³-hybridized carbons (Fsp3) is 0.348. The molecule has 32 heavy (non-hydrogen) atoms. The van der Waals surface area contributed by atoms with Crippen LogP contribution < -0.4 is 9.64 Å². The molecule has 2 aromatic rings. The third-order valence-corrected chi connectivity index (χ3v) is 6.79. The monoisotopic (exact) mass is 435 g/mol. The predicted molar refractivity (Wildman–Crippen MR) is 113 cm³/mol. The molecule has 3 fully saturated rings. The second-order valence-corrected chi connectivity index (χ2v) is 8.30. The van der Waals surface area contributed by atoms with Crippen molar-refractivity contribution in [3.63, 3.8) is 0 Å². The van der Waals surface area contributed by atoms with Crippen molar-refractivity contribution in [1.29, 1.82) is 0 Å². The van der Waals surface area contributed by atoms with Crippen molar-refractivity contribution in [3.8, 4) is 5.75 Å². The van der Waals surface area contributed by atoms with Crippen molar-refractivity contribution in [1.82, 2.24) is 4.90 Å². The van der Waals surface area contributed by atoms with Gasteiger partial charge in [-0.25, -0.2) is 4.90 Å². The number of nitro groups is 1. The Labute approximate surface area is 183 Å². The van der Waals surface area contributed by atoms with Crippen molar-refractivity contribution >= 4 is 29.0 Å². The maximum atomic E-state index is 13.6. The summed E-state index contributed by atoms with van der Waals surface area (Å²) < 4.78 is 5.30. The third-order valence-electron chi connectivity index (χ3n) is 6.79. The molecule has 9 heteroatoms. The van der Waals surface area contributed by atoms with Crippen LogP contribution in [0.3, 0.4) is 0 Å². The zero-order valence-corrected chi connectivity index (χ0v) is 17.3. The van der Waals surface area contributed by atoms with Gasteiger partial charge < -0.3 is 4.74 Å². The molecular weight excluding hydrogens is 414 g/mol. The Kier molecular flexibility index (Phi) is 4.78. The molecule has 164 valence electrons. The molecule has 0 spiro atoms. The van der Waals surface area contributed by atoms with Gasteiger partial charge in [0.05, 0.1) is 29.9 Å². The molecule has 3 saturated heterocycles. The van der Waals surface area contributed by atoms with E-state index >= 15 is 0 Å².